The molecule has 0 saturated heterocycles. The number of anilines is 1. The number of imidazole rings is 1. The van der Waals surface area contributed by atoms with Crippen LogP contribution in [0.25, 0.3) is 16.9 Å². The number of halogens is 3. The SMILES string of the molecule is CCCN(CCC)c1c(CC)nc2c(-c3ccc(Cl)cc3Cl)nc(Cl)cn12. The van der Waals surface area contributed by atoms with E-state index < -0.39 is 0 Å². The molecule has 0 radical (unpaired) electrons. The van der Waals surface area contributed by atoms with Gasteiger partial charge >= 0.3 is 0 Å². The first-order valence-electron chi connectivity index (χ1n) is 9.27. The summed E-state index contributed by atoms with van der Waals surface area (Å²) in [6, 6.07) is 5.37. The predicted molar refractivity (Wildman–Crippen MR) is 116 cm³/mol. The lowest BCUT2D eigenvalue weighted by molar-refractivity contribution is 0.725. The van der Waals surface area contributed by atoms with E-state index in [1.807, 2.05) is 12.3 Å². The van der Waals surface area contributed by atoms with Crippen molar-refractivity contribution in [2.24, 2.45) is 0 Å². The summed E-state index contributed by atoms with van der Waals surface area (Å²) in [5.41, 5.74) is 3.23. The summed E-state index contributed by atoms with van der Waals surface area (Å²) in [4.78, 5) is 11.8. The number of aromatic nitrogens is 3. The van der Waals surface area contributed by atoms with Crippen molar-refractivity contribution in [3.05, 3.63) is 45.3 Å². The van der Waals surface area contributed by atoms with Gasteiger partial charge < -0.3 is 4.90 Å². The van der Waals surface area contributed by atoms with Crippen molar-refractivity contribution in [1.29, 1.82) is 0 Å². The zero-order valence-electron chi connectivity index (χ0n) is 15.8. The average Bonchev–Trinajstić information content (AvgIpc) is 2.99. The van der Waals surface area contributed by atoms with Crippen LogP contribution in [0, 0.1) is 0 Å². The molecule has 0 saturated carbocycles. The van der Waals surface area contributed by atoms with Crippen LogP contribution in [-0.2, 0) is 6.42 Å². The highest BCUT2D eigenvalue weighted by molar-refractivity contribution is 6.36. The molecule has 7 heteroatoms. The maximum Gasteiger partial charge on any atom is 0.165 e. The Morgan fingerprint density at radius 1 is 1.00 bits per heavy atom. The molecular formula is C20H23Cl3N4. The van der Waals surface area contributed by atoms with Gasteiger partial charge in [0.2, 0.25) is 0 Å². The third-order valence-electron chi connectivity index (χ3n) is 4.43. The van der Waals surface area contributed by atoms with Gasteiger partial charge in [-0.1, -0.05) is 55.6 Å². The van der Waals surface area contributed by atoms with Gasteiger partial charge in [-0.05, 0) is 37.5 Å². The Morgan fingerprint density at radius 3 is 2.30 bits per heavy atom. The van der Waals surface area contributed by atoms with Gasteiger partial charge in [-0.25, -0.2) is 9.97 Å². The van der Waals surface area contributed by atoms with Crippen molar-refractivity contribution in [1.82, 2.24) is 14.4 Å². The summed E-state index contributed by atoms with van der Waals surface area (Å²) in [7, 11) is 0. The van der Waals surface area contributed by atoms with Crippen molar-refractivity contribution in [3.63, 3.8) is 0 Å². The zero-order chi connectivity index (χ0) is 19.6. The van der Waals surface area contributed by atoms with Gasteiger partial charge in [0.05, 0.1) is 10.7 Å². The highest BCUT2D eigenvalue weighted by atomic mass is 35.5. The summed E-state index contributed by atoms with van der Waals surface area (Å²) >= 11 is 18.9. The zero-order valence-corrected chi connectivity index (χ0v) is 18.0. The number of hydrogen-bond acceptors (Lipinski definition) is 3. The van der Waals surface area contributed by atoms with E-state index in [0.717, 1.165) is 55.1 Å². The molecule has 2 aromatic heterocycles. The van der Waals surface area contributed by atoms with E-state index in [4.69, 9.17) is 39.8 Å². The van der Waals surface area contributed by atoms with Crippen molar-refractivity contribution in [2.75, 3.05) is 18.0 Å². The fourth-order valence-corrected chi connectivity index (χ4v) is 4.03. The van der Waals surface area contributed by atoms with Crippen molar-refractivity contribution in [2.45, 2.75) is 40.0 Å². The third kappa shape index (κ3) is 4.03. The molecule has 0 aliphatic rings. The molecule has 4 nitrogen and oxygen atoms in total. The summed E-state index contributed by atoms with van der Waals surface area (Å²) in [6.45, 7) is 8.42. The number of benzene rings is 1. The largest absolute Gasteiger partial charge is 0.356 e. The second kappa shape index (κ2) is 8.68. The summed E-state index contributed by atoms with van der Waals surface area (Å²) in [6.07, 6.45) is 4.78. The number of nitrogens with zero attached hydrogens (tertiary/aromatic N) is 4. The molecular weight excluding hydrogens is 403 g/mol. The van der Waals surface area contributed by atoms with Gasteiger partial charge in [-0.15, -0.1) is 0 Å². The molecule has 0 unspecified atom stereocenters. The van der Waals surface area contributed by atoms with Crippen LogP contribution in [0.3, 0.4) is 0 Å². The Bertz CT molecular complexity index is 946. The first-order valence-corrected chi connectivity index (χ1v) is 10.4. The van der Waals surface area contributed by atoms with Crippen LogP contribution in [0.15, 0.2) is 24.4 Å². The topological polar surface area (TPSA) is 33.4 Å². The summed E-state index contributed by atoms with van der Waals surface area (Å²) in [5.74, 6) is 1.09. The molecule has 0 bridgehead atoms. The van der Waals surface area contributed by atoms with Gasteiger partial charge in [0.15, 0.2) is 5.65 Å². The Morgan fingerprint density at radius 2 is 1.70 bits per heavy atom. The van der Waals surface area contributed by atoms with Crippen LogP contribution in [0.2, 0.25) is 15.2 Å². The van der Waals surface area contributed by atoms with Gasteiger partial charge in [0.25, 0.3) is 0 Å². The smallest absolute Gasteiger partial charge is 0.165 e. The fraction of sp³-hybridized carbons (Fsp3) is 0.400. The molecule has 0 aliphatic carbocycles. The highest BCUT2D eigenvalue weighted by Crippen LogP contribution is 2.35. The first-order chi connectivity index (χ1) is 13.0. The van der Waals surface area contributed by atoms with Crippen LogP contribution >= 0.6 is 34.8 Å². The molecule has 3 rings (SSSR count). The quantitative estimate of drug-likeness (QED) is 0.430. The van der Waals surface area contributed by atoms with Crippen LogP contribution < -0.4 is 4.90 Å². The number of aryl methyl sites for hydroxylation is 1. The van der Waals surface area contributed by atoms with E-state index in [1.54, 1.807) is 12.1 Å². The monoisotopic (exact) mass is 424 g/mol. The average molecular weight is 426 g/mol. The molecule has 0 fully saturated rings. The number of fused-ring (bicyclic) bond motifs is 1. The Balaban J connectivity index is 2.29. The lowest BCUT2D eigenvalue weighted by Gasteiger charge is -2.24. The summed E-state index contributed by atoms with van der Waals surface area (Å²) < 4.78 is 2.06. The third-order valence-corrected chi connectivity index (χ3v) is 5.16. The van der Waals surface area contributed by atoms with E-state index in [9.17, 15) is 0 Å². The second-order valence-electron chi connectivity index (χ2n) is 6.45. The Kier molecular flexibility index (Phi) is 6.51. The molecule has 2 heterocycles. The molecule has 27 heavy (non-hydrogen) atoms. The predicted octanol–water partition coefficient (Wildman–Crippen LogP) is 6.55. The number of rotatable bonds is 7. The van der Waals surface area contributed by atoms with Crippen LogP contribution in [0.4, 0.5) is 5.82 Å². The molecule has 3 aromatic rings. The molecule has 0 aliphatic heterocycles. The lowest BCUT2D eigenvalue weighted by Crippen LogP contribution is -2.27. The van der Waals surface area contributed by atoms with Gasteiger partial charge in [-0.3, -0.25) is 4.40 Å². The standard InChI is InChI=1S/C20H23Cl3N4/c1-4-9-26(10-5-2)20-16(6-3)24-19-18(25-17(23)12-27(19)20)14-8-7-13(21)11-15(14)22/h7-8,11-12H,4-6,9-10H2,1-3H3. The van der Waals surface area contributed by atoms with Crippen LogP contribution in [-0.4, -0.2) is 27.5 Å². The Labute approximate surface area is 175 Å². The molecule has 0 atom stereocenters. The highest BCUT2D eigenvalue weighted by Gasteiger charge is 2.21. The van der Waals surface area contributed by atoms with Gasteiger partial charge in [-0.2, -0.15) is 0 Å². The minimum absolute atomic E-state index is 0.401. The fourth-order valence-electron chi connectivity index (χ4n) is 3.35. The second-order valence-corrected chi connectivity index (χ2v) is 7.68. The van der Waals surface area contributed by atoms with Crippen molar-refractivity contribution in [3.8, 4) is 11.3 Å². The first kappa shape index (κ1) is 20.2. The molecule has 0 spiro atoms. The lowest BCUT2D eigenvalue weighted by atomic mass is 10.1. The maximum atomic E-state index is 6.44. The van der Waals surface area contributed by atoms with Crippen molar-refractivity contribution < 1.29 is 0 Å². The van der Waals surface area contributed by atoms with E-state index in [-0.39, 0.29) is 0 Å². The van der Waals surface area contributed by atoms with Gasteiger partial charge in [0, 0.05) is 29.9 Å². The maximum absolute atomic E-state index is 6.44. The van der Waals surface area contributed by atoms with Crippen LogP contribution in [0.1, 0.15) is 39.3 Å². The van der Waals surface area contributed by atoms with E-state index in [2.05, 4.69) is 35.1 Å². The molecule has 1 aromatic carbocycles. The molecule has 0 amide bonds. The summed E-state index contributed by atoms with van der Waals surface area (Å²) in [5, 5.41) is 1.51. The Hall–Kier alpha value is -1.49. The molecule has 144 valence electrons. The van der Waals surface area contributed by atoms with Gasteiger partial charge in [0.1, 0.15) is 16.7 Å². The van der Waals surface area contributed by atoms with E-state index in [1.165, 1.54) is 0 Å². The van der Waals surface area contributed by atoms with E-state index in [0.29, 0.717) is 20.9 Å². The minimum atomic E-state index is 0.401. The minimum Gasteiger partial charge on any atom is -0.356 e. The normalized spacial score (nSPS) is 11.3. The van der Waals surface area contributed by atoms with Crippen molar-refractivity contribution >= 4 is 46.3 Å². The van der Waals surface area contributed by atoms with E-state index >= 15 is 0 Å². The molecule has 0 N–H and O–H groups in total. The van der Waals surface area contributed by atoms with Crippen LogP contribution in [0.5, 0.6) is 0 Å². The number of hydrogen-bond donors (Lipinski definition) is 0.